The molecule has 0 aromatic carbocycles. The molecule has 1 radical (unpaired) electrons. The van der Waals surface area contributed by atoms with Gasteiger partial charge in [-0.25, -0.2) is 0 Å². The second-order valence-corrected chi connectivity index (χ2v) is 5.93. The maximum Gasteiger partial charge on any atom is 0.251 e. The number of rotatable bonds is 3. The van der Waals surface area contributed by atoms with Gasteiger partial charge in [0.15, 0.2) is 0 Å². The molecule has 0 bridgehead atoms. The monoisotopic (exact) mass is 261 g/mol. The summed E-state index contributed by atoms with van der Waals surface area (Å²) in [6.45, 7) is 2.04. The molecule has 0 aromatic rings. The Morgan fingerprint density at radius 1 is 1.26 bits per heavy atom. The predicted octanol–water partition coefficient (Wildman–Crippen LogP) is 2.46. The van der Waals surface area contributed by atoms with Gasteiger partial charge in [-0.15, -0.1) is 0 Å². The average molecular weight is 261 g/mol. The van der Waals surface area contributed by atoms with Crippen LogP contribution in [0, 0.1) is 6.42 Å². The van der Waals surface area contributed by atoms with Crippen molar-refractivity contribution >= 4 is 5.91 Å². The number of amides is 1. The number of allylic oxidation sites excluding steroid dienone is 2. The van der Waals surface area contributed by atoms with Gasteiger partial charge in [0.2, 0.25) is 0 Å². The molecule has 0 aromatic heterocycles. The van der Waals surface area contributed by atoms with Crippen LogP contribution in [-0.4, -0.2) is 37.0 Å². The van der Waals surface area contributed by atoms with Crippen molar-refractivity contribution in [2.75, 3.05) is 14.1 Å². The minimum absolute atomic E-state index is 0.0979. The van der Waals surface area contributed by atoms with Crippen molar-refractivity contribution in [2.45, 2.75) is 51.1 Å². The first-order valence-electron chi connectivity index (χ1n) is 7.25. The van der Waals surface area contributed by atoms with E-state index in [0.29, 0.717) is 12.1 Å². The first-order valence-corrected chi connectivity index (χ1v) is 7.25. The van der Waals surface area contributed by atoms with E-state index in [4.69, 9.17) is 0 Å². The first-order chi connectivity index (χ1) is 9.06. The van der Waals surface area contributed by atoms with Crippen molar-refractivity contribution in [1.29, 1.82) is 0 Å². The van der Waals surface area contributed by atoms with Gasteiger partial charge in [-0.05, 0) is 59.5 Å². The zero-order chi connectivity index (χ0) is 13.8. The summed E-state index contributed by atoms with van der Waals surface area (Å²) in [5.41, 5.74) is 2.01. The van der Waals surface area contributed by atoms with Crippen LogP contribution in [0.1, 0.15) is 39.0 Å². The Kier molecular flexibility index (Phi) is 4.81. The third-order valence-electron chi connectivity index (χ3n) is 4.19. The quantitative estimate of drug-likeness (QED) is 0.846. The number of hydrogen-bond donors (Lipinski definition) is 1. The van der Waals surface area contributed by atoms with E-state index in [-0.39, 0.29) is 5.91 Å². The van der Waals surface area contributed by atoms with Crippen LogP contribution in [0.25, 0.3) is 0 Å². The molecule has 2 aliphatic rings. The third kappa shape index (κ3) is 3.93. The molecule has 0 spiro atoms. The van der Waals surface area contributed by atoms with Crippen LogP contribution in [0.15, 0.2) is 23.3 Å². The molecule has 0 aliphatic heterocycles. The molecular weight excluding hydrogens is 236 g/mol. The molecule has 1 N–H and O–H groups in total. The van der Waals surface area contributed by atoms with Crippen molar-refractivity contribution in [2.24, 2.45) is 0 Å². The Morgan fingerprint density at radius 3 is 2.53 bits per heavy atom. The van der Waals surface area contributed by atoms with Gasteiger partial charge >= 0.3 is 0 Å². The lowest BCUT2D eigenvalue weighted by Crippen LogP contribution is -2.42. The lowest BCUT2D eigenvalue weighted by Gasteiger charge is -2.33. The highest BCUT2D eigenvalue weighted by atomic mass is 16.1. The van der Waals surface area contributed by atoms with Gasteiger partial charge in [0.25, 0.3) is 5.91 Å². The van der Waals surface area contributed by atoms with E-state index in [0.717, 1.165) is 24.8 Å². The molecule has 19 heavy (non-hydrogen) atoms. The number of nitrogens with zero attached hydrogens (tertiary/aromatic N) is 1. The lowest BCUT2D eigenvalue weighted by atomic mass is 9.90. The van der Waals surface area contributed by atoms with Crippen molar-refractivity contribution in [3.63, 3.8) is 0 Å². The molecule has 105 valence electrons. The second kappa shape index (κ2) is 6.38. The molecule has 0 unspecified atom stereocenters. The third-order valence-corrected chi connectivity index (χ3v) is 4.19. The Balaban J connectivity index is 1.83. The number of carbonyl (C=O) groups is 1. The van der Waals surface area contributed by atoms with E-state index >= 15 is 0 Å². The van der Waals surface area contributed by atoms with Crippen LogP contribution in [-0.2, 0) is 4.79 Å². The molecule has 0 heterocycles. The summed E-state index contributed by atoms with van der Waals surface area (Å²) in [6.07, 6.45) is 11.5. The highest BCUT2D eigenvalue weighted by molar-refractivity contribution is 5.96. The van der Waals surface area contributed by atoms with Gasteiger partial charge in [-0.1, -0.05) is 17.7 Å². The normalized spacial score (nSPS) is 27.8. The van der Waals surface area contributed by atoms with E-state index in [9.17, 15) is 4.79 Å². The summed E-state index contributed by atoms with van der Waals surface area (Å²) >= 11 is 0. The van der Waals surface area contributed by atoms with Crippen molar-refractivity contribution in [3.05, 3.63) is 29.7 Å². The minimum atomic E-state index is 0.0979. The smallest absolute Gasteiger partial charge is 0.251 e. The van der Waals surface area contributed by atoms with Crippen LogP contribution in [0.2, 0.25) is 0 Å². The van der Waals surface area contributed by atoms with Crippen molar-refractivity contribution < 1.29 is 4.79 Å². The zero-order valence-electron chi connectivity index (χ0n) is 12.3. The molecule has 0 atom stereocenters. The predicted molar refractivity (Wildman–Crippen MR) is 78.6 cm³/mol. The Bertz CT molecular complexity index is 388. The molecule has 1 fully saturated rings. The highest BCUT2D eigenvalue weighted by Gasteiger charge is 2.24. The van der Waals surface area contributed by atoms with E-state index < -0.39 is 0 Å². The maximum absolute atomic E-state index is 12.2. The fourth-order valence-electron chi connectivity index (χ4n) is 2.90. The fraction of sp³-hybridized carbons (Fsp3) is 0.625. The zero-order valence-corrected chi connectivity index (χ0v) is 12.3. The summed E-state index contributed by atoms with van der Waals surface area (Å²) in [5.74, 6) is 0.0979. The van der Waals surface area contributed by atoms with Crippen LogP contribution >= 0.6 is 0 Å². The molecule has 2 rings (SSSR count). The molecule has 3 nitrogen and oxygen atoms in total. The van der Waals surface area contributed by atoms with Gasteiger partial charge in [0.05, 0.1) is 0 Å². The standard InChI is InChI=1S/C16H25N2O/c1-12-5-4-6-13(11-12)16(19)17-14-7-9-15(10-8-14)18(2)3/h5-6,11,14-15H,4,7-10H2,1-3H3,(H,17,19). The largest absolute Gasteiger partial charge is 0.349 e. The van der Waals surface area contributed by atoms with Crippen LogP contribution in [0.5, 0.6) is 0 Å². The van der Waals surface area contributed by atoms with E-state index in [1.807, 2.05) is 19.1 Å². The van der Waals surface area contributed by atoms with Gasteiger partial charge in [0, 0.05) is 17.7 Å². The van der Waals surface area contributed by atoms with Gasteiger partial charge in [0.1, 0.15) is 0 Å². The number of nitrogens with one attached hydrogen (secondary N) is 1. The SMILES string of the molecule is CC1=CC(C(=O)NC2CCC(N(C)C)CC2)=CC[CH]1. The summed E-state index contributed by atoms with van der Waals surface area (Å²) in [5, 5.41) is 3.18. The molecule has 1 amide bonds. The number of hydrogen-bond acceptors (Lipinski definition) is 2. The highest BCUT2D eigenvalue weighted by Crippen LogP contribution is 2.22. The topological polar surface area (TPSA) is 32.3 Å². The molecular formula is C16H25N2O. The van der Waals surface area contributed by atoms with Crippen molar-refractivity contribution in [3.8, 4) is 0 Å². The van der Waals surface area contributed by atoms with E-state index in [1.54, 1.807) is 0 Å². The van der Waals surface area contributed by atoms with E-state index in [2.05, 4.69) is 30.7 Å². The van der Waals surface area contributed by atoms with Crippen LogP contribution in [0.3, 0.4) is 0 Å². The molecule has 1 saturated carbocycles. The van der Waals surface area contributed by atoms with Gasteiger partial charge in [-0.3, -0.25) is 4.79 Å². The number of carbonyl (C=O) groups excluding carboxylic acids is 1. The minimum Gasteiger partial charge on any atom is -0.349 e. The fourth-order valence-corrected chi connectivity index (χ4v) is 2.90. The summed E-state index contributed by atoms with van der Waals surface area (Å²) in [7, 11) is 4.28. The van der Waals surface area contributed by atoms with Crippen molar-refractivity contribution in [1.82, 2.24) is 10.2 Å². The van der Waals surface area contributed by atoms with Gasteiger partial charge in [-0.2, -0.15) is 0 Å². The van der Waals surface area contributed by atoms with E-state index in [1.165, 1.54) is 18.4 Å². The van der Waals surface area contributed by atoms with Gasteiger partial charge < -0.3 is 10.2 Å². The summed E-state index contributed by atoms with van der Waals surface area (Å²) in [4.78, 5) is 14.5. The summed E-state index contributed by atoms with van der Waals surface area (Å²) < 4.78 is 0. The molecule has 3 heteroatoms. The average Bonchev–Trinajstić information content (AvgIpc) is 2.39. The maximum atomic E-state index is 12.2. The second-order valence-electron chi connectivity index (χ2n) is 5.93. The van der Waals surface area contributed by atoms with Crippen LogP contribution < -0.4 is 5.32 Å². The Labute approximate surface area is 116 Å². The lowest BCUT2D eigenvalue weighted by molar-refractivity contribution is -0.118. The van der Waals surface area contributed by atoms with Crippen LogP contribution in [0.4, 0.5) is 0 Å². The Morgan fingerprint density at radius 2 is 1.95 bits per heavy atom. The molecule has 0 saturated heterocycles. The molecule has 2 aliphatic carbocycles. The first kappa shape index (κ1) is 14.3. The summed E-state index contributed by atoms with van der Waals surface area (Å²) in [6, 6.07) is 1.03. The Hall–Kier alpha value is -1.09.